The average molecular weight is 345 g/mol. The molecule has 0 aliphatic heterocycles. The van der Waals surface area contributed by atoms with E-state index in [1.165, 1.54) is 6.26 Å². The highest BCUT2D eigenvalue weighted by molar-refractivity contribution is 9.10. The van der Waals surface area contributed by atoms with Gasteiger partial charge < -0.3 is 15.5 Å². The highest BCUT2D eigenvalue weighted by Crippen LogP contribution is 2.31. The number of aryl methyl sites for hydroxylation is 1. The van der Waals surface area contributed by atoms with Crippen molar-refractivity contribution in [1.29, 1.82) is 0 Å². The van der Waals surface area contributed by atoms with E-state index in [1.807, 2.05) is 43.3 Å². The fourth-order valence-corrected chi connectivity index (χ4v) is 2.92. The van der Waals surface area contributed by atoms with Gasteiger partial charge in [-0.05, 0) is 46.6 Å². The van der Waals surface area contributed by atoms with Crippen LogP contribution in [0.25, 0.3) is 11.0 Å². The maximum Gasteiger partial charge on any atom is 0.259 e. The number of nitrogen functional groups attached to an aromatic ring is 1. The summed E-state index contributed by atoms with van der Waals surface area (Å²) in [6, 6.07) is 11.1. The Kier molecular flexibility index (Phi) is 3.43. The third-order valence-corrected chi connectivity index (χ3v) is 3.85. The maximum atomic E-state index is 12.4. The molecule has 0 fully saturated rings. The molecular weight excluding hydrogens is 332 g/mol. The number of furan rings is 1. The number of nitrogens with two attached hydrogens (primary N) is 1. The molecule has 3 rings (SSSR count). The summed E-state index contributed by atoms with van der Waals surface area (Å²) >= 11 is 3.42. The van der Waals surface area contributed by atoms with Crippen LogP contribution in [0, 0.1) is 6.92 Å². The van der Waals surface area contributed by atoms with Crippen LogP contribution in [0.2, 0.25) is 0 Å². The van der Waals surface area contributed by atoms with Crippen molar-refractivity contribution in [2.75, 3.05) is 11.1 Å². The minimum absolute atomic E-state index is 0.254. The van der Waals surface area contributed by atoms with Gasteiger partial charge in [-0.2, -0.15) is 0 Å². The monoisotopic (exact) mass is 344 g/mol. The molecule has 3 N–H and O–H groups in total. The number of halogens is 1. The highest BCUT2D eigenvalue weighted by Gasteiger charge is 2.16. The molecule has 2 aromatic carbocycles. The molecule has 4 nitrogen and oxygen atoms in total. The zero-order valence-corrected chi connectivity index (χ0v) is 12.9. The molecule has 0 aliphatic rings. The van der Waals surface area contributed by atoms with Crippen LogP contribution in [-0.2, 0) is 0 Å². The number of hydrogen-bond acceptors (Lipinski definition) is 3. The molecule has 0 radical (unpaired) electrons. The summed E-state index contributed by atoms with van der Waals surface area (Å²) in [5.41, 5.74) is 9.23. The van der Waals surface area contributed by atoms with E-state index in [4.69, 9.17) is 10.2 Å². The minimum atomic E-state index is -0.254. The van der Waals surface area contributed by atoms with E-state index in [-0.39, 0.29) is 5.91 Å². The van der Waals surface area contributed by atoms with Gasteiger partial charge in [0.25, 0.3) is 5.91 Å². The van der Waals surface area contributed by atoms with Crippen LogP contribution in [-0.4, -0.2) is 5.91 Å². The van der Waals surface area contributed by atoms with Crippen LogP contribution < -0.4 is 11.1 Å². The summed E-state index contributed by atoms with van der Waals surface area (Å²) in [4.78, 5) is 12.4. The third kappa shape index (κ3) is 2.52. The Morgan fingerprint density at radius 3 is 2.81 bits per heavy atom. The van der Waals surface area contributed by atoms with Crippen LogP contribution in [0.3, 0.4) is 0 Å². The number of amides is 1. The number of hydrogen-bond donors (Lipinski definition) is 2. The first-order chi connectivity index (χ1) is 10.1. The first-order valence-electron chi connectivity index (χ1n) is 6.39. The Bertz CT molecular complexity index is 816. The smallest absolute Gasteiger partial charge is 0.259 e. The number of para-hydroxylation sites is 1. The molecule has 1 heterocycles. The number of rotatable bonds is 2. The molecule has 106 valence electrons. The lowest BCUT2D eigenvalue weighted by molar-refractivity contribution is 0.102. The van der Waals surface area contributed by atoms with Gasteiger partial charge in [-0.15, -0.1) is 0 Å². The Hall–Kier alpha value is -2.27. The van der Waals surface area contributed by atoms with Crippen molar-refractivity contribution >= 4 is 44.2 Å². The zero-order chi connectivity index (χ0) is 15.0. The van der Waals surface area contributed by atoms with Crippen molar-refractivity contribution in [3.8, 4) is 0 Å². The predicted molar refractivity (Wildman–Crippen MR) is 87.5 cm³/mol. The Labute approximate surface area is 130 Å². The molecule has 0 atom stereocenters. The molecular formula is C16H13BrN2O2. The summed E-state index contributed by atoms with van der Waals surface area (Å²) in [5.74, 6) is -0.254. The fourth-order valence-electron chi connectivity index (χ4n) is 2.24. The van der Waals surface area contributed by atoms with E-state index in [1.54, 1.807) is 0 Å². The van der Waals surface area contributed by atoms with Crippen LogP contribution in [0.5, 0.6) is 0 Å². The zero-order valence-electron chi connectivity index (χ0n) is 11.3. The van der Waals surface area contributed by atoms with E-state index in [0.717, 1.165) is 15.4 Å². The van der Waals surface area contributed by atoms with Crippen LogP contribution in [0.4, 0.5) is 11.4 Å². The second-order valence-electron chi connectivity index (χ2n) is 4.81. The van der Waals surface area contributed by atoms with E-state index >= 15 is 0 Å². The molecule has 0 saturated heterocycles. The number of benzene rings is 2. The van der Waals surface area contributed by atoms with Crippen LogP contribution in [0.1, 0.15) is 15.9 Å². The van der Waals surface area contributed by atoms with E-state index in [2.05, 4.69) is 21.2 Å². The van der Waals surface area contributed by atoms with Gasteiger partial charge in [-0.3, -0.25) is 4.79 Å². The second-order valence-corrected chi connectivity index (χ2v) is 5.66. The van der Waals surface area contributed by atoms with E-state index < -0.39 is 0 Å². The maximum absolute atomic E-state index is 12.4. The summed E-state index contributed by atoms with van der Waals surface area (Å²) in [6.45, 7) is 1.94. The van der Waals surface area contributed by atoms with Crippen molar-refractivity contribution in [1.82, 2.24) is 0 Å². The summed E-state index contributed by atoms with van der Waals surface area (Å²) in [7, 11) is 0. The molecule has 5 heteroatoms. The van der Waals surface area contributed by atoms with Crippen molar-refractivity contribution in [3.63, 3.8) is 0 Å². The molecule has 3 aromatic rings. The quantitative estimate of drug-likeness (QED) is 0.679. The van der Waals surface area contributed by atoms with E-state index in [9.17, 15) is 4.79 Å². The average Bonchev–Trinajstić information content (AvgIpc) is 2.86. The van der Waals surface area contributed by atoms with Gasteiger partial charge in [0.1, 0.15) is 11.8 Å². The Morgan fingerprint density at radius 2 is 2.05 bits per heavy atom. The second kappa shape index (κ2) is 5.26. The molecule has 0 aliphatic carbocycles. The van der Waals surface area contributed by atoms with E-state index in [0.29, 0.717) is 22.5 Å². The molecule has 0 unspecified atom stereocenters. The normalized spacial score (nSPS) is 10.8. The van der Waals surface area contributed by atoms with Crippen molar-refractivity contribution in [2.45, 2.75) is 6.92 Å². The summed E-state index contributed by atoms with van der Waals surface area (Å²) < 4.78 is 6.13. The minimum Gasteiger partial charge on any atom is -0.463 e. The first kappa shape index (κ1) is 13.7. The number of fused-ring (bicyclic) bond motifs is 1. The molecule has 0 saturated carbocycles. The molecule has 1 aromatic heterocycles. The topological polar surface area (TPSA) is 68.3 Å². The molecule has 1 amide bonds. The number of carbonyl (C=O) groups excluding carboxylic acids is 1. The standard InChI is InChI=1S/C16H13BrN2O2/c1-9-6-12(17)15(13(18)7-9)19-16(20)11-8-21-14-5-3-2-4-10(11)14/h2-8H,18H2,1H3,(H,19,20). The first-order valence-corrected chi connectivity index (χ1v) is 7.19. The van der Waals surface area contributed by atoms with Crippen molar-refractivity contribution in [3.05, 3.63) is 58.3 Å². The van der Waals surface area contributed by atoms with Gasteiger partial charge in [0, 0.05) is 9.86 Å². The SMILES string of the molecule is Cc1cc(N)c(NC(=O)c2coc3ccccc23)c(Br)c1. The van der Waals surface area contributed by atoms with Gasteiger partial charge in [0.05, 0.1) is 16.9 Å². The van der Waals surface area contributed by atoms with Crippen LogP contribution in [0.15, 0.2) is 51.6 Å². The van der Waals surface area contributed by atoms with Crippen LogP contribution >= 0.6 is 15.9 Å². The summed E-state index contributed by atoms with van der Waals surface area (Å²) in [5, 5.41) is 3.60. The van der Waals surface area contributed by atoms with Gasteiger partial charge in [0.2, 0.25) is 0 Å². The Morgan fingerprint density at radius 1 is 1.29 bits per heavy atom. The predicted octanol–water partition coefficient (Wildman–Crippen LogP) is 4.34. The van der Waals surface area contributed by atoms with Crippen molar-refractivity contribution < 1.29 is 9.21 Å². The lowest BCUT2D eigenvalue weighted by Gasteiger charge is -2.11. The largest absolute Gasteiger partial charge is 0.463 e. The fraction of sp³-hybridized carbons (Fsp3) is 0.0625. The van der Waals surface area contributed by atoms with Gasteiger partial charge in [-0.25, -0.2) is 0 Å². The van der Waals surface area contributed by atoms with Gasteiger partial charge >= 0.3 is 0 Å². The number of anilines is 2. The Balaban J connectivity index is 1.97. The van der Waals surface area contributed by atoms with Gasteiger partial charge in [-0.1, -0.05) is 18.2 Å². The number of nitrogens with one attached hydrogen (secondary N) is 1. The van der Waals surface area contributed by atoms with Gasteiger partial charge in [0.15, 0.2) is 0 Å². The number of carbonyl (C=O) groups is 1. The molecule has 21 heavy (non-hydrogen) atoms. The molecule has 0 spiro atoms. The summed E-state index contributed by atoms with van der Waals surface area (Å²) in [6.07, 6.45) is 1.46. The lowest BCUT2D eigenvalue weighted by Crippen LogP contribution is -2.13. The lowest BCUT2D eigenvalue weighted by atomic mass is 10.1. The molecule has 0 bridgehead atoms. The van der Waals surface area contributed by atoms with Crippen molar-refractivity contribution in [2.24, 2.45) is 0 Å². The highest BCUT2D eigenvalue weighted by atomic mass is 79.9. The third-order valence-electron chi connectivity index (χ3n) is 3.23.